The lowest BCUT2D eigenvalue weighted by Crippen LogP contribution is -2.08. The minimum atomic E-state index is 0.0754. The molecule has 0 aromatic carbocycles. The maximum absolute atomic E-state index is 9.29. The Morgan fingerprint density at radius 2 is 1.57 bits per heavy atom. The van der Waals surface area contributed by atoms with Crippen LogP contribution in [0.2, 0.25) is 0 Å². The summed E-state index contributed by atoms with van der Waals surface area (Å²) in [7, 11) is 0. The van der Waals surface area contributed by atoms with Crippen molar-refractivity contribution in [2.45, 2.75) is 33.1 Å². The lowest BCUT2D eigenvalue weighted by molar-refractivity contribution is 0.604. The zero-order chi connectivity index (χ0) is 15.4. The fraction of sp³-hybridized carbons (Fsp3) is 0.294. The van der Waals surface area contributed by atoms with Crippen LogP contribution in [0, 0.1) is 29.6 Å². The van der Waals surface area contributed by atoms with Gasteiger partial charge in [0.2, 0.25) is 0 Å². The van der Waals surface area contributed by atoms with Gasteiger partial charge in [0.15, 0.2) is 0 Å². The van der Waals surface area contributed by atoms with Gasteiger partial charge in [-0.2, -0.15) is 10.5 Å². The number of aryl methyl sites for hydroxylation is 1. The SMILES string of the molecule is Cc1cc2c(s1)-c1sc(C(C)(C)C)cc1C2=C(C#N)C#N. The Bertz CT molecular complexity index is 842. The molecular formula is C17H14N2S2. The van der Waals surface area contributed by atoms with E-state index in [1.165, 1.54) is 19.5 Å². The quantitative estimate of drug-likeness (QED) is 0.533. The average Bonchev–Trinajstić information content (AvgIpc) is 3.03. The molecular weight excluding hydrogens is 296 g/mol. The Morgan fingerprint density at radius 1 is 1.00 bits per heavy atom. The fourth-order valence-electron chi connectivity index (χ4n) is 2.53. The molecule has 0 amide bonds. The lowest BCUT2D eigenvalue weighted by atomic mass is 9.92. The van der Waals surface area contributed by atoms with E-state index >= 15 is 0 Å². The van der Waals surface area contributed by atoms with E-state index in [0.717, 1.165) is 16.7 Å². The van der Waals surface area contributed by atoms with Crippen LogP contribution in [0.4, 0.5) is 0 Å². The minimum Gasteiger partial charge on any atom is -0.192 e. The molecule has 0 saturated carbocycles. The Kier molecular flexibility index (Phi) is 3.06. The number of hydrogen-bond acceptors (Lipinski definition) is 4. The Labute approximate surface area is 132 Å². The summed E-state index contributed by atoms with van der Waals surface area (Å²) in [6.45, 7) is 8.63. The average molecular weight is 310 g/mol. The van der Waals surface area contributed by atoms with Crippen LogP contribution in [-0.4, -0.2) is 0 Å². The Balaban J connectivity index is 2.37. The van der Waals surface area contributed by atoms with Crippen LogP contribution in [0.3, 0.4) is 0 Å². The van der Waals surface area contributed by atoms with Crippen molar-refractivity contribution >= 4 is 28.2 Å². The zero-order valence-electron chi connectivity index (χ0n) is 12.4. The van der Waals surface area contributed by atoms with Crippen molar-refractivity contribution in [2.24, 2.45) is 0 Å². The number of nitriles is 2. The molecule has 2 nitrogen and oxygen atoms in total. The van der Waals surface area contributed by atoms with Crippen LogP contribution in [-0.2, 0) is 5.41 Å². The van der Waals surface area contributed by atoms with Gasteiger partial charge in [-0.25, -0.2) is 0 Å². The van der Waals surface area contributed by atoms with Gasteiger partial charge in [-0.05, 0) is 24.5 Å². The summed E-state index contributed by atoms with van der Waals surface area (Å²) < 4.78 is 0. The van der Waals surface area contributed by atoms with Crippen molar-refractivity contribution in [3.8, 4) is 21.9 Å². The summed E-state index contributed by atoms with van der Waals surface area (Å²) in [4.78, 5) is 4.92. The van der Waals surface area contributed by atoms with Crippen molar-refractivity contribution in [1.29, 1.82) is 10.5 Å². The van der Waals surface area contributed by atoms with Crippen molar-refractivity contribution in [3.05, 3.63) is 38.6 Å². The maximum Gasteiger partial charge on any atom is 0.138 e. The molecule has 3 rings (SSSR count). The molecule has 0 spiro atoms. The van der Waals surface area contributed by atoms with E-state index in [-0.39, 0.29) is 11.0 Å². The number of hydrogen-bond donors (Lipinski definition) is 0. The van der Waals surface area contributed by atoms with Crippen LogP contribution < -0.4 is 0 Å². The predicted octanol–water partition coefficient (Wildman–Crippen LogP) is 5.24. The van der Waals surface area contributed by atoms with E-state index in [2.05, 4.69) is 52.0 Å². The van der Waals surface area contributed by atoms with Gasteiger partial charge < -0.3 is 0 Å². The molecule has 0 saturated heterocycles. The first kappa shape index (κ1) is 14.1. The van der Waals surface area contributed by atoms with Crippen molar-refractivity contribution < 1.29 is 0 Å². The van der Waals surface area contributed by atoms with Crippen molar-refractivity contribution in [1.82, 2.24) is 0 Å². The molecule has 2 heterocycles. The van der Waals surface area contributed by atoms with Crippen molar-refractivity contribution in [3.63, 3.8) is 0 Å². The third-order valence-electron chi connectivity index (χ3n) is 3.55. The molecule has 0 bridgehead atoms. The highest BCUT2D eigenvalue weighted by molar-refractivity contribution is 7.23. The molecule has 104 valence electrons. The molecule has 0 radical (unpaired) electrons. The summed E-state index contributed by atoms with van der Waals surface area (Å²) in [5.74, 6) is 0. The van der Waals surface area contributed by atoms with Crippen LogP contribution >= 0.6 is 22.7 Å². The van der Waals surface area contributed by atoms with Crippen LogP contribution in [0.5, 0.6) is 0 Å². The van der Waals surface area contributed by atoms with E-state index in [1.54, 1.807) is 22.7 Å². The number of rotatable bonds is 0. The maximum atomic E-state index is 9.29. The molecule has 1 aliphatic carbocycles. The molecule has 0 aliphatic heterocycles. The van der Waals surface area contributed by atoms with E-state index in [4.69, 9.17) is 0 Å². The molecule has 21 heavy (non-hydrogen) atoms. The Hall–Kier alpha value is -1.88. The molecule has 2 aromatic heterocycles. The Morgan fingerprint density at radius 3 is 2.14 bits per heavy atom. The molecule has 0 atom stereocenters. The summed E-state index contributed by atoms with van der Waals surface area (Å²) in [5, 5.41) is 18.6. The highest BCUT2D eigenvalue weighted by Gasteiger charge is 2.32. The second-order valence-corrected chi connectivity index (χ2v) is 8.49. The number of fused-ring (bicyclic) bond motifs is 3. The summed E-state index contributed by atoms with van der Waals surface area (Å²) in [5.41, 5.74) is 3.22. The van der Waals surface area contributed by atoms with Gasteiger partial charge in [0.05, 0.1) is 9.75 Å². The van der Waals surface area contributed by atoms with Crippen LogP contribution in [0.25, 0.3) is 15.3 Å². The van der Waals surface area contributed by atoms with E-state index in [9.17, 15) is 10.5 Å². The zero-order valence-corrected chi connectivity index (χ0v) is 14.0. The molecule has 0 unspecified atom stereocenters. The first-order valence-electron chi connectivity index (χ1n) is 6.67. The lowest BCUT2D eigenvalue weighted by Gasteiger charge is -2.15. The van der Waals surface area contributed by atoms with Gasteiger partial charge >= 0.3 is 0 Å². The summed E-state index contributed by atoms with van der Waals surface area (Å²) in [6, 6.07) is 8.37. The van der Waals surface area contributed by atoms with Gasteiger partial charge in [0, 0.05) is 26.5 Å². The smallest absolute Gasteiger partial charge is 0.138 e. The second-order valence-electron chi connectivity index (χ2n) is 6.18. The monoisotopic (exact) mass is 310 g/mol. The normalized spacial score (nSPS) is 12.6. The first-order chi connectivity index (χ1) is 9.86. The standard InChI is InChI=1S/C17H14N2S2/c1-9-5-11-14(10(7-18)8-19)12-6-13(17(2,3)4)21-16(12)15(11)20-9/h5-6H,1-4H3. The second kappa shape index (κ2) is 4.56. The van der Waals surface area contributed by atoms with Gasteiger partial charge in [-0.1, -0.05) is 20.8 Å². The first-order valence-corrected chi connectivity index (χ1v) is 8.30. The van der Waals surface area contributed by atoms with Gasteiger partial charge in [-0.15, -0.1) is 22.7 Å². The van der Waals surface area contributed by atoms with E-state index < -0.39 is 0 Å². The predicted molar refractivity (Wildman–Crippen MR) is 88.3 cm³/mol. The van der Waals surface area contributed by atoms with Gasteiger partial charge in [0.1, 0.15) is 17.7 Å². The molecule has 0 fully saturated rings. The molecule has 2 aromatic rings. The highest BCUT2D eigenvalue weighted by Crippen LogP contribution is 2.54. The minimum absolute atomic E-state index is 0.0754. The number of nitrogens with zero attached hydrogens (tertiary/aromatic N) is 2. The van der Waals surface area contributed by atoms with E-state index in [1.807, 2.05) is 0 Å². The van der Waals surface area contributed by atoms with Crippen molar-refractivity contribution in [2.75, 3.05) is 0 Å². The molecule has 0 N–H and O–H groups in total. The largest absolute Gasteiger partial charge is 0.192 e. The molecule has 1 aliphatic rings. The van der Waals surface area contributed by atoms with Crippen LogP contribution in [0.1, 0.15) is 41.7 Å². The summed E-state index contributed by atoms with van der Waals surface area (Å²) in [6.07, 6.45) is 0. The van der Waals surface area contributed by atoms with E-state index in [0.29, 0.717) is 0 Å². The van der Waals surface area contributed by atoms with Gasteiger partial charge in [-0.3, -0.25) is 0 Å². The highest BCUT2D eigenvalue weighted by atomic mass is 32.1. The topological polar surface area (TPSA) is 47.6 Å². The number of thiophene rings is 2. The number of allylic oxidation sites excluding steroid dienone is 1. The third-order valence-corrected chi connectivity index (χ3v) is 6.32. The van der Waals surface area contributed by atoms with Crippen LogP contribution in [0.15, 0.2) is 17.7 Å². The molecule has 4 heteroatoms. The fourth-order valence-corrected chi connectivity index (χ4v) is 4.93. The third kappa shape index (κ3) is 2.03. The summed E-state index contributed by atoms with van der Waals surface area (Å²) >= 11 is 3.53. The van der Waals surface area contributed by atoms with Gasteiger partial charge in [0.25, 0.3) is 0 Å².